The van der Waals surface area contributed by atoms with E-state index in [0.29, 0.717) is 0 Å². The molecule has 1 rings (SSSR count). The van der Waals surface area contributed by atoms with E-state index in [-0.39, 0.29) is 11.2 Å². The van der Waals surface area contributed by atoms with Crippen LogP contribution < -0.4 is 0 Å². The average Bonchev–Trinajstić information content (AvgIpc) is 2.29. The zero-order valence-electron chi connectivity index (χ0n) is 8.46. The van der Waals surface area contributed by atoms with Gasteiger partial charge >= 0.3 is 0 Å². The predicted octanol–water partition coefficient (Wildman–Crippen LogP) is 3.51. The summed E-state index contributed by atoms with van der Waals surface area (Å²) in [5, 5.41) is 0. The summed E-state index contributed by atoms with van der Waals surface area (Å²) in [7, 11) is 0. The van der Waals surface area contributed by atoms with Crippen LogP contribution in [0.15, 0.2) is 0 Å². The minimum atomic E-state index is -0.296. The van der Waals surface area contributed by atoms with Crippen molar-refractivity contribution in [3.05, 3.63) is 0 Å². The van der Waals surface area contributed by atoms with Gasteiger partial charge in [0.05, 0.1) is 0 Å². The van der Waals surface area contributed by atoms with Crippen LogP contribution in [0.4, 0.5) is 0 Å². The van der Waals surface area contributed by atoms with Gasteiger partial charge in [-0.25, -0.2) is 0 Å². The first kappa shape index (κ1) is 11.7. The van der Waals surface area contributed by atoms with Crippen LogP contribution in [0.3, 0.4) is 0 Å². The fourth-order valence-electron chi connectivity index (χ4n) is 1.23. The van der Waals surface area contributed by atoms with Crippen LogP contribution in [0.2, 0.25) is 0 Å². The standard InChI is InChI=1S/C8H16O3S2/c1-5-7(3)8(4,6-2)10-13-11-12-9-7/h5-6H2,1-4H3. The van der Waals surface area contributed by atoms with Crippen molar-refractivity contribution in [2.24, 2.45) is 0 Å². The van der Waals surface area contributed by atoms with Gasteiger partial charge in [-0.1, -0.05) is 13.8 Å². The molecule has 0 N–H and O–H groups in total. The molecule has 0 amide bonds. The highest BCUT2D eigenvalue weighted by atomic mass is 32.3. The van der Waals surface area contributed by atoms with Gasteiger partial charge in [-0.3, -0.25) is 8.37 Å². The summed E-state index contributed by atoms with van der Waals surface area (Å²) in [6.07, 6.45) is 1.79. The first-order chi connectivity index (χ1) is 6.08. The number of hydrogen-bond donors (Lipinski definition) is 0. The van der Waals surface area contributed by atoms with E-state index in [1.807, 2.05) is 0 Å². The van der Waals surface area contributed by atoms with E-state index in [1.54, 1.807) is 0 Å². The van der Waals surface area contributed by atoms with Crippen LogP contribution in [0, 0.1) is 0 Å². The number of hydrogen-bond acceptors (Lipinski definition) is 5. The summed E-state index contributed by atoms with van der Waals surface area (Å²) < 4.78 is 16.2. The van der Waals surface area contributed by atoms with Crippen molar-refractivity contribution in [1.29, 1.82) is 0 Å². The van der Waals surface area contributed by atoms with E-state index < -0.39 is 0 Å². The highest BCUT2D eigenvalue weighted by Crippen LogP contribution is 2.45. The van der Waals surface area contributed by atoms with Crippen molar-refractivity contribution < 1.29 is 12.0 Å². The fraction of sp³-hybridized carbons (Fsp3) is 1.00. The lowest BCUT2D eigenvalue weighted by molar-refractivity contribution is -0.0780. The Bertz CT molecular complexity index is 161. The van der Waals surface area contributed by atoms with E-state index >= 15 is 0 Å². The molecule has 0 aromatic carbocycles. The number of rotatable bonds is 2. The Hall–Kier alpha value is 0.580. The molecule has 2 unspecified atom stereocenters. The third-order valence-electron chi connectivity index (χ3n) is 2.96. The normalized spacial score (nSPS) is 41.5. The van der Waals surface area contributed by atoms with Crippen LogP contribution in [0.5, 0.6) is 0 Å². The highest BCUT2D eigenvalue weighted by Gasteiger charge is 2.47. The van der Waals surface area contributed by atoms with Gasteiger partial charge in [0.2, 0.25) is 0 Å². The molecule has 0 radical (unpaired) electrons. The molecule has 1 aliphatic rings. The van der Waals surface area contributed by atoms with Crippen LogP contribution in [0.1, 0.15) is 40.5 Å². The summed E-state index contributed by atoms with van der Waals surface area (Å²) in [5.41, 5.74) is -0.591. The zero-order chi connectivity index (χ0) is 9.95. The SMILES string of the molecule is CCC1(C)OSOSOC1(C)CC. The third-order valence-corrected chi connectivity index (χ3v) is 4.28. The monoisotopic (exact) mass is 224 g/mol. The summed E-state index contributed by atoms with van der Waals surface area (Å²) in [5.74, 6) is 0. The minimum Gasteiger partial charge on any atom is -0.281 e. The second-order valence-electron chi connectivity index (χ2n) is 3.54. The topological polar surface area (TPSA) is 27.7 Å². The lowest BCUT2D eigenvalue weighted by Gasteiger charge is -2.40. The molecular formula is C8H16O3S2. The Morgan fingerprint density at radius 2 is 1.31 bits per heavy atom. The maximum absolute atomic E-state index is 5.59. The van der Waals surface area contributed by atoms with Gasteiger partial charge in [-0.05, 0) is 26.7 Å². The van der Waals surface area contributed by atoms with Crippen LogP contribution in [-0.2, 0) is 12.0 Å². The third kappa shape index (κ3) is 2.15. The van der Waals surface area contributed by atoms with Gasteiger partial charge in [0.25, 0.3) is 0 Å². The molecule has 1 fully saturated rings. The quantitative estimate of drug-likeness (QED) is 0.669. The molecule has 3 nitrogen and oxygen atoms in total. The maximum Gasteiger partial charge on any atom is 0.174 e. The summed E-state index contributed by atoms with van der Waals surface area (Å²) in [6.45, 7) is 8.29. The van der Waals surface area contributed by atoms with E-state index in [1.165, 1.54) is 0 Å². The Morgan fingerprint density at radius 3 is 1.62 bits per heavy atom. The molecule has 1 heterocycles. The maximum atomic E-state index is 5.59. The van der Waals surface area contributed by atoms with Gasteiger partial charge in [-0.2, -0.15) is 3.63 Å². The Kier molecular flexibility index (Phi) is 3.94. The summed E-state index contributed by atoms with van der Waals surface area (Å²) in [6, 6.07) is 0. The van der Waals surface area contributed by atoms with Crippen molar-refractivity contribution >= 4 is 24.6 Å². The molecule has 0 saturated carbocycles. The summed E-state index contributed by atoms with van der Waals surface area (Å²) >= 11 is 2.01. The lowest BCUT2D eigenvalue weighted by atomic mass is 9.82. The largest absolute Gasteiger partial charge is 0.281 e. The average molecular weight is 224 g/mol. The van der Waals surface area contributed by atoms with Gasteiger partial charge in [0.15, 0.2) is 24.6 Å². The van der Waals surface area contributed by atoms with E-state index in [4.69, 9.17) is 12.0 Å². The van der Waals surface area contributed by atoms with Crippen molar-refractivity contribution in [2.45, 2.75) is 51.7 Å². The van der Waals surface area contributed by atoms with Crippen LogP contribution in [-0.4, -0.2) is 11.2 Å². The molecule has 1 saturated heterocycles. The smallest absolute Gasteiger partial charge is 0.174 e. The molecule has 78 valence electrons. The van der Waals surface area contributed by atoms with E-state index in [2.05, 4.69) is 27.7 Å². The molecule has 1 aliphatic heterocycles. The second kappa shape index (κ2) is 4.40. The Balaban J connectivity index is 2.85. The van der Waals surface area contributed by atoms with Crippen molar-refractivity contribution in [3.8, 4) is 0 Å². The molecule has 2 atom stereocenters. The lowest BCUT2D eigenvalue weighted by Crippen LogP contribution is -2.50. The van der Waals surface area contributed by atoms with Gasteiger partial charge in [0, 0.05) is 0 Å². The molecule has 0 aromatic rings. The minimum absolute atomic E-state index is 0.296. The van der Waals surface area contributed by atoms with E-state index in [9.17, 15) is 0 Å². The zero-order valence-corrected chi connectivity index (χ0v) is 10.1. The molecule has 13 heavy (non-hydrogen) atoms. The molecule has 0 bridgehead atoms. The molecule has 0 aliphatic carbocycles. The molecule has 0 spiro atoms. The summed E-state index contributed by atoms with van der Waals surface area (Å²) in [4.78, 5) is 0. The van der Waals surface area contributed by atoms with E-state index in [0.717, 1.165) is 37.5 Å². The van der Waals surface area contributed by atoms with Crippen molar-refractivity contribution in [1.82, 2.24) is 0 Å². The van der Waals surface area contributed by atoms with Crippen molar-refractivity contribution in [2.75, 3.05) is 0 Å². The molecule has 0 aromatic heterocycles. The molecular weight excluding hydrogens is 208 g/mol. The van der Waals surface area contributed by atoms with Crippen LogP contribution in [0.25, 0.3) is 0 Å². The van der Waals surface area contributed by atoms with Crippen LogP contribution >= 0.6 is 24.6 Å². The highest BCUT2D eigenvalue weighted by molar-refractivity contribution is 8.03. The Labute approximate surface area is 88.7 Å². The predicted molar refractivity (Wildman–Crippen MR) is 55.8 cm³/mol. The van der Waals surface area contributed by atoms with Gasteiger partial charge in [-0.15, -0.1) is 0 Å². The first-order valence-electron chi connectivity index (χ1n) is 4.45. The fourth-order valence-corrected chi connectivity index (χ4v) is 2.43. The second-order valence-corrected chi connectivity index (χ2v) is 4.69. The van der Waals surface area contributed by atoms with Gasteiger partial charge in [0.1, 0.15) is 11.2 Å². The van der Waals surface area contributed by atoms with Gasteiger partial charge < -0.3 is 0 Å². The molecule has 5 heteroatoms. The van der Waals surface area contributed by atoms with Crippen molar-refractivity contribution in [3.63, 3.8) is 0 Å². The first-order valence-corrected chi connectivity index (χ1v) is 5.78. The Morgan fingerprint density at radius 1 is 0.923 bits per heavy atom.